The molecule has 0 saturated heterocycles. The predicted molar refractivity (Wildman–Crippen MR) is 142 cm³/mol. The summed E-state index contributed by atoms with van der Waals surface area (Å²) < 4.78 is 18.6. The van der Waals surface area contributed by atoms with Crippen LogP contribution in [0.3, 0.4) is 0 Å². The lowest BCUT2D eigenvalue weighted by atomic mass is 10.0. The van der Waals surface area contributed by atoms with E-state index in [1.165, 1.54) is 13.3 Å². The average Bonchev–Trinajstić information content (AvgIpc) is 3.42. The SMILES string of the molecule is COc1cc(Nc2c(C#N)cnc3cc4cc(OCCn5ccnn5)c(OC)cc4cc23)c(Cl)cc1Cl. The Balaban J connectivity index is 1.56. The van der Waals surface area contributed by atoms with Gasteiger partial charge in [0.05, 0.1) is 59.5 Å². The van der Waals surface area contributed by atoms with Crippen LogP contribution in [0.5, 0.6) is 17.2 Å². The third kappa shape index (κ3) is 4.89. The largest absolute Gasteiger partial charge is 0.495 e. The molecule has 186 valence electrons. The minimum atomic E-state index is 0.358. The molecule has 0 aliphatic rings. The van der Waals surface area contributed by atoms with Crippen LogP contribution in [0.1, 0.15) is 5.56 Å². The van der Waals surface area contributed by atoms with E-state index in [0.717, 1.165) is 16.2 Å². The van der Waals surface area contributed by atoms with Crippen LogP contribution in [0, 0.1) is 11.3 Å². The van der Waals surface area contributed by atoms with E-state index in [0.29, 0.717) is 62.9 Å². The van der Waals surface area contributed by atoms with Gasteiger partial charge in [0.25, 0.3) is 0 Å². The fourth-order valence-corrected chi connectivity index (χ4v) is 4.46. The number of hydrogen-bond acceptors (Lipinski definition) is 8. The normalized spacial score (nSPS) is 10.9. The molecule has 3 aromatic carbocycles. The number of methoxy groups -OCH3 is 2. The highest BCUT2D eigenvalue weighted by atomic mass is 35.5. The molecule has 37 heavy (non-hydrogen) atoms. The number of benzene rings is 3. The summed E-state index contributed by atoms with van der Waals surface area (Å²) in [4.78, 5) is 4.51. The number of pyridine rings is 1. The standard InChI is InChI=1S/C26H20Cl2N6O3/c1-35-23-12-22(19(27)11-20(23)28)32-26-17(13-29)14-30-21-8-16-10-25(37-6-5-34-4-3-31-33-34)24(36-2)9-15(16)7-18(21)26/h3-4,7-12,14H,5-6H2,1-2H3,(H,30,32). The van der Waals surface area contributed by atoms with E-state index in [4.69, 9.17) is 37.4 Å². The summed E-state index contributed by atoms with van der Waals surface area (Å²) in [5.41, 5.74) is 2.15. The lowest BCUT2D eigenvalue weighted by Gasteiger charge is -2.16. The fraction of sp³-hybridized carbons (Fsp3) is 0.154. The van der Waals surface area contributed by atoms with Crippen molar-refractivity contribution >= 4 is 56.3 Å². The molecule has 0 radical (unpaired) electrons. The number of hydrogen-bond donors (Lipinski definition) is 1. The molecule has 11 heteroatoms. The quantitative estimate of drug-likeness (QED) is 0.241. The molecule has 0 aliphatic carbocycles. The summed E-state index contributed by atoms with van der Waals surface area (Å²) >= 11 is 12.6. The summed E-state index contributed by atoms with van der Waals surface area (Å²) in [5, 5.41) is 24.1. The minimum absolute atomic E-state index is 0.358. The zero-order valence-corrected chi connectivity index (χ0v) is 21.3. The first-order valence-electron chi connectivity index (χ1n) is 11.1. The van der Waals surface area contributed by atoms with Crippen molar-refractivity contribution in [2.24, 2.45) is 0 Å². The van der Waals surface area contributed by atoms with E-state index in [1.54, 1.807) is 36.3 Å². The third-order valence-electron chi connectivity index (χ3n) is 5.78. The lowest BCUT2D eigenvalue weighted by molar-refractivity contribution is 0.273. The highest BCUT2D eigenvalue weighted by Gasteiger charge is 2.16. The van der Waals surface area contributed by atoms with E-state index in [9.17, 15) is 5.26 Å². The zero-order valence-electron chi connectivity index (χ0n) is 19.8. The van der Waals surface area contributed by atoms with E-state index in [-0.39, 0.29) is 0 Å². The van der Waals surface area contributed by atoms with E-state index >= 15 is 0 Å². The Kier molecular flexibility index (Phi) is 6.86. The van der Waals surface area contributed by atoms with Crippen molar-refractivity contribution in [2.45, 2.75) is 6.54 Å². The van der Waals surface area contributed by atoms with Gasteiger partial charge in [0, 0.05) is 23.8 Å². The molecular weight excluding hydrogens is 515 g/mol. The van der Waals surface area contributed by atoms with Gasteiger partial charge in [-0.2, -0.15) is 5.26 Å². The van der Waals surface area contributed by atoms with Crippen molar-refractivity contribution in [3.05, 3.63) is 70.6 Å². The Morgan fingerprint density at radius 1 is 0.973 bits per heavy atom. The van der Waals surface area contributed by atoms with Crippen LogP contribution in [0.15, 0.2) is 55.0 Å². The predicted octanol–water partition coefficient (Wildman–Crippen LogP) is 6.00. The smallest absolute Gasteiger partial charge is 0.161 e. The van der Waals surface area contributed by atoms with Gasteiger partial charge in [-0.05, 0) is 41.1 Å². The monoisotopic (exact) mass is 534 g/mol. The summed E-state index contributed by atoms with van der Waals surface area (Å²) in [7, 11) is 3.11. The van der Waals surface area contributed by atoms with Gasteiger partial charge < -0.3 is 19.5 Å². The van der Waals surface area contributed by atoms with Crippen LogP contribution < -0.4 is 19.5 Å². The van der Waals surface area contributed by atoms with Gasteiger partial charge in [0.1, 0.15) is 18.4 Å². The van der Waals surface area contributed by atoms with Gasteiger partial charge in [-0.1, -0.05) is 28.4 Å². The number of anilines is 2. The molecule has 0 amide bonds. The highest BCUT2D eigenvalue weighted by molar-refractivity contribution is 6.37. The fourth-order valence-electron chi connectivity index (χ4n) is 3.96. The molecule has 0 spiro atoms. The third-order valence-corrected chi connectivity index (χ3v) is 6.39. The summed E-state index contributed by atoms with van der Waals surface area (Å²) in [5.74, 6) is 1.63. The molecule has 0 aliphatic heterocycles. The number of rotatable bonds is 8. The van der Waals surface area contributed by atoms with Crippen LogP contribution in [0.2, 0.25) is 10.0 Å². The number of nitriles is 1. The highest BCUT2D eigenvalue weighted by Crippen LogP contribution is 2.40. The van der Waals surface area contributed by atoms with Crippen molar-refractivity contribution in [2.75, 3.05) is 26.1 Å². The van der Waals surface area contributed by atoms with Crippen LogP contribution in [0.25, 0.3) is 21.7 Å². The van der Waals surface area contributed by atoms with Crippen molar-refractivity contribution in [1.29, 1.82) is 5.26 Å². The maximum Gasteiger partial charge on any atom is 0.161 e. The van der Waals surface area contributed by atoms with Crippen LogP contribution in [0.4, 0.5) is 11.4 Å². The molecular formula is C26H20Cl2N6O3. The van der Waals surface area contributed by atoms with Crippen molar-refractivity contribution in [3.63, 3.8) is 0 Å². The van der Waals surface area contributed by atoms with Crippen LogP contribution in [-0.2, 0) is 6.54 Å². The number of ether oxygens (including phenoxy) is 3. The van der Waals surface area contributed by atoms with E-state index < -0.39 is 0 Å². The number of fused-ring (bicyclic) bond motifs is 2. The first-order valence-corrected chi connectivity index (χ1v) is 11.9. The topological polar surface area (TPSA) is 107 Å². The Bertz CT molecular complexity index is 1650. The maximum absolute atomic E-state index is 9.80. The summed E-state index contributed by atoms with van der Waals surface area (Å²) in [6.45, 7) is 0.937. The molecule has 0 fully saturated rings. The second-order valence-electron chi connectivity index (χ2n) is 7.98. The van der Waals surface area contributed by atoms with Gasteiger partial charge >= 0.3 is 0 Å². The number of nitrogens with zero attached hydrogens (tertiary/aromatic N) is 5. The molecule has 5 aromatic rings. The van der Waals surface area contributed by atoms with E-state index in [2.05, 4.69) is 26.7 Å². The van der Waals surface area contributed by atoms with Gasteiger partial charge in [-0.3, -0.25) is 4.98 Å². The van der Waals surface area contributed by atoms with Crippen molar-refractivity contribution in [1.82, 2.24) is 20.0 Å². The molecule has 0 atom stereocenters. The number of halogens is 2. The van der Waals surface area contributed by atoms with Gasteiger partial charge in [0.15, 0.2) is 11.5 Å². The lowest BCUT2D eigenvalue weighted by Crippen LogP contribution is -2.09. The molecule has 1 N–H and O–H groups in total. The molecule has 0 bridgehead atoms. The zero-order chi connectivity index (χ0) is 25.9. The Morgan fingerprint density at radius 3 is 2.49 bits per heavy atom. The summed E-state index contributed by atoms with van der Waals surface area (Å²) in [6.07, 6.45) is 4.91. The number of aromatic nitrogens is 4. The molecule has 9 nitrogen and oxygen atoms in total. The molecule has 5 rings (SSSR count). The van der Waals surface area contributed by atoms with Crippen molar-refractivity contribution < 1.29 is 14.2 Å². The average molecular weight is 535 g/mol. The second-order valence-corrected chi connectivity index (χ2v) is 8.80. The Hall–Kier alpha value is -4.26. The first-order chi connectivity index (χ1) is 18.0. The van der Waals surface area contributed by atoms with E-state index in [1.807, 2.05) is 24.3 Å². The van der Waals surface area contributed by atoms with Gasteiger partial charge in [-0.15, -0.1) is 5.10 Å². The van der Waals surface area contributed by atoms with Gasteiger partial charge in [0.2, 0.25) is 0 Å². The number of nitrogens with one attached hydrogen (secondary N) is 1. The Morgan fingerprint density at radius 2 is 1.76 bits per heavy atom. The maximum atomic E-state index is 9.80. The Labute approximate surface area is 222 Å². The first kappa shape index (κ1) is 24.4. The molecule has 2 heterocycles. The molecule has 0 unspecified atom stereocenters. The molecule has 2 aromatic heterocycles. The van der Waals surface area contributed by atoms with Crippen LogP contribution in [-0.4, -0.2) is 40.8 Å². The second kappa shape index (κ2) is 10.4. The minimum Gasteiger partial charge on any atom is -0.495 e. The summed E-state index contributed by atoms with van der Waals surface area (Å²) in [6, 6.07) is 13.2. The van der Waals surface area contributed by atoms with Crippen molar-refractivity contribution in [3.8, 4) is 23.3 Å². The molecule has 0 saturated carbocycles. The van der Waals surface area contributed by atoms with Gasteiger partial charge in [-0.25, -0.2) is 4.68 Å². The van der Waals surface area contributed by atoms with Crippen LogP contribution >= 0.6 is 23.2 Å².